The van der Waals surface area contributed by atoms with E-state index >= 15 is 0 Å². The van der Waals surface area contributed by atoms with Crippen LogP contribution in [0.5, 0.6) is 0 Å². The van der Waals surface area contributed by atoms with Crippen LogP contribution in [0.2, 0.25) is 0 Å². The van der Waals surface area contributed by atoms with Gasteiger partial charge in [-0.25, -0.2) is 0 Å². The van der Waals surface area contributed by atoms with Crippen molar-refractivity contribution >= 4 is 41.0 Å². The number of hydrogen-bond donors (Lipinski definition) is 3. The molecule has 7 heteroatoms. The fourth-order valence-corrected chi connectivity index (χ4v) is 4.90. The first-order valence-electron chi connectivity index (χ1n) is 11.0. The quantitative estimate of drug-likeness (QED) is 0.441. The first-order chi connectivity index (χ1) is 15.8. The molecule has 1 aromatic heterocycles. The van der Waals surface area contributed by atoms with E-state index in [1.54, 1.807) is 0 Å². The molecule has 3 aromatic rings. The van der Waals surface area contributed by atoms with Crippen molar-refractivity contribution in [2.75, 3.05) is 10.6 Å². The standard InChI is InChI=1S/C26H28N4O2S/c1-5-19-6-8-22(9-7-19)28-26-29-25(32)24(33-26)15-20-14-16(2)30(17(20)3)23-12-10-21(11-13-23)27-18(4)31/h6-15,26,28H,5H2,1-4H3,(H,27,31)(H,29,32)/b24-15-/t26-/m1/s1. The van der Waals surface area contributed by atoms with Crippen molar-refractivity contribution in [1.82, 2.24) is 9.88 Å². The number of carbonyl (C=O) groups is 2. The third-order valence-corrected chi connectivity index (χ3v) is 6.62. The summed E-state index contributed by atoms with van der Waals surface area (Å²) in [5.41, 5.74) is 6.94. The minimum Gasteiger partial charge on any atom is -0.357 e. The van der Waals surface area contributed by atoms with Crippen LogP contribution in [-0.2, 0) is 16.0 Å². The summed E-state index contributed by atoms with van der Waals surface area (Å²) in [6.45, 7) is 7.71. The van der Waals surface area contributed by atoms with Gasteiger partial charge in [0.1, 0.15) is 0 Å². The second kappa shape index (κ2) is 9.58. The van der Waals surface area contributed by atoms with Crippen molar-refractivity contribution in [3.8, 4) is 5.69 Å². The highest BCUT2D eigenvalue weighted by molar-refractivity contribution is 8.05. The fraction of sp³-hybridized carbons (Fsp3) is 0.231. The number of amides is 2. The molecule has 33 heavy (non-hydrogen) atoms. The average Bonchev–Trinajstić information content (AvgIpc) is 3.27. The lowest BCUT2D eigenvalue weighted by Gasteiger charge is -2.12. The zero-order valence-electron chi connectivity index (χ0n) is 19.2. The van der Waals surface area contributed by atoms with Gasteiger partial charge in [-0.1, -0.05) is 30.8 Å². The number of carbonyl (C=O) groups excluding carboxylic acids is 2. The lowest BCUT2D eigenvalue weighted by molar-refractivity contribution is -0.116. The first-order valence-corrected chi connectivity index (χ1v) is 11.8. The molecule has 2 amide bonds. The molecule has 170 valence electrons. The number of aromatic nitrogens is 1. The Labute approximate surface area is 198 Å². The zero-order valence-corrected chi connectivity index (χ0v) is 20.0. The first kappa shape index (κ1) is 22.7. The monoisotopic (exact) mass is 460 g/mol. The predicted molar refractivity (Wildman–Crippen MR) is 136 cm³/mol. The maximum Gasteiger partial charge on any atom is 0.260 e. The molecule has 2 aromatic carbocycles. The molecule has 0 unspecified atom stereocenters. The number of rotatable bonds is 6. The van der Waals surface area contributed by atoms with Crippen LogP contribution in [0.15, 0.2) is 59.5 Å². The molecule has 1 atom stereocenters. The summed E-state index contributed by atoms with van der Waals surface area (Å²) in [7, 11) is 0. The molecular weight excluding hydrogens is 432 g/mol. The number of thioether (sulfide) groups is 1. The van der Waals surface area contributed by atoms with Gasteiger partial charge in [0, 0.05) is 35.4 Å². The molecule has 3 N–H and O–H groups in total. The molecule has 1 saturated heterocycles. The molecular formula is C26H28N4O2S. The van der Waals surface area contributed by atoms with Crippen molar-refractivity contribution in [3.05, 3.63) is 82.0 Å². The van der Waals surface area contributed by atoms with Crippen LogP contribution in [0.25, 0.3) is 11.8 Å². The minimum atomic E-state index is -0.207. The van der Waals surface area contributed by atoms with Crippen LogP contribution in [0.3, 0.4) is 0 Å². The van der Waals surface area contributed by atoms with E-state index in [4.69, 9.17) is 0 Å². The van der Waals surface area contributed by atoms with Crippen LogP contribution >= 0.6 is 11.8 Å². The van der Waals surface area contributed by atoms with Crippen molar-refractivity contribution in [2.45, 2.75) is 39.6 Å². The molecule has 6 nitrogen and oxygen atoms in total. The number of nitrogens with zero attached hydrogens (tertiary/aromatic N) is 1. The predicted octanol–water partition coefficient (Wildman–Crippen LogP) is 5.21. The van der Waals surface area contributed by atoms with Crippen LogP contribution in [-0.4, -0.2) is 21.9 Å². The van der Waals surface area contributed by atoms with Gasteiger partial charge in [-0.05, 0) is 79.9 Å². The van der Waals surface area contributed by atoms with Crippen LogP contribution < -0.4 is 16.0 Å². The van der Waals surface area contributed by atoms with Gasteiger partial charge in [-0.15, -0.1) is 0 Å². The Kier molecular flexibility index (Phi) is 6.60. The van der Waals surface area contributed by atoms with E-state index in [0.717, 1.165) is 40.4 Å². The maximum atomic E-state index is 12.6. The van der Waals surface area contributed by atoms with E-state index in [1.165, 1.54) is 24.2 Å². The number of hydrogen-bond acceptors (Lipinski definition) is 4. The molecule has 0 bridgehead atoms. The van der Waals surface area contributed by atoms with Gasteiger partial charge >= 0.3 is 0 Å². The summed E-state index contributed by atoms with van der Waals surface area (Å²) in [6, 6.07) is 18.1. The second-order valence-electron chi connectivity index (χ2n) is 8.06. The van der Waals surface area contributed by atoms with E-state index in [9.17, 15) is 9.59 Å². The van der Waals surface area contributed by atoms with Crippen molar-refractivity contribution in [3.63, 3.8) is 0 Å². The highest BCUT2D eigenvalue weighted by atomic mass is 32.2. The summed E-state index contributed by atoms with van der Waals surface area (Å²) in [5.74, 6) is -0.171. The maximum absolute atomic E-state index is 12.6. The number of anilines is 2. The summed E-state index contributed by atoms with van der Waals surface area (Å²) in [5, 5.41) is 9.16. The highest BCUT2D eigenvalue weighted by Crippen LogP contribution is 2.32. The molecule has 0 radical (unpaired) electrons. The minimum absolute atomic E-state index is 0.0767. The Morgan fingerprint density at radius 2 is 1.76 bits per heavy atom. The number of benzene rings is 2. The van der Waals surface area contributed by atoms with E-state index < -0.39 is 0 Å². The molecule has 2 heterocycles. The van der Waals surface area contributed by atoms with Gasteiger partial charge in [0.2, 0.25) is 5.91 Å². The Bertz CT molecular complexity index is 1210. The Balaban J connectivity index is 1.52. The van der Waals surface area contributed by atoms with Crippen LogP contribution in [0.4, 0.5) is 11.4 Å². The zero-order chi connectivity index (χ0) is 23.5. The van der Waals surface area contributed by atoms with E-state index in [2.05, 4.69) is 45.6 Å². The fourth-order valence-electron chi connectivity index (χ4n) is 3.92. The molecule has 1 aliphatic heterocycles. The second-order valence-corrected chi connectivity index (χ2v) is 9.21. The van der Waals surface area contributed by atoms with E-state index in [1.807, 2.05) is 56.3 Å². The van der Waals surface area contributed by atoms with Crippen molar-refractivity contribution in [1.29, 1.82) is 0 Å². The SMILES string of the molecule is CCc1ccc(N[C@@H]2NC(=O)/C(=C/c3cc(C)n(-c4ccc(NC(C)=O)cc4)c3C)S2)cc1. The summed E-state index contributed by atoms with van der Waals surface area (Å²) < 4.78 is 2.15. The van der Waals surface area contributed by atoms with Gasteiger partial charge < -0.3 is 20.5 Å². The number of nitrogens with one attached hydrogen (secondary N) is 3. The Hall–Kier alpha value is -3.45. The summed E-state index contributed by atoms with van der Waals surface area (Å²) >= 11 is 1.49. The number of aryl methyl sites for hydroxylation is 2. The highest BCUT2D eigenvalue weighted by Gasteiger charge is 2.27. The largest absolute Gasteiger partial charge is 0.357 e. The lowest BCUT2D eigenvalue weighted by atomic mass is 10.1. The van der Waals surface area contributed by atoms with E-state index in [-0.39, 0.29) is 17.3 Å². The van der Waals surface area contributed by atoms with Crippen molar-refractivity contribution in [2.24, 2.45) is 0 Å². The normalized spacial score (nSPS) is 16.7. The topological polar surface area (TPSA) is 75.2 Å². The van der Waals surface area contributed by atoms with Gasteiger partial charge in [0.15, 0.2) is 5.50 Å². The molecule has 0 saturated carbocycles. The Morgan fingerprint density at radius 1 is 1.09 bits per heavy atom. The molecule has 1 fully saturated rings. The third-order valence-electron chi connectivity index (χ3n) is 5.59. The van der Waals surface area contributed by atoms with Gasteiger partial charge in [0.05, 0.1) is 4.91 Å². The summed E-state index contributed by atoms with van der Waals surface area (Å²) in [6.07, 6.45) is 2.95. The molecule has 1 aliphatic rings. The average molecular weight is 461 g/mol. The van der Waals surface area contributed by atoms with Gasteiger partial charge in [-0.3, -0.25) is 9.59 Å². The van der Waals surface area contributed by atoms with E-state index in [0.29, 0.717) is 4.91 Å². The third kappa shape index (κ3) is 5.14. The van der Waals surface area contributed by atoms with Crippen LogP contribution in [0, 0.1) is 13.8 Å². The van der Waals surface area contributed by atoms with Crippen LogP contribution in [0.1, 0.15) is 36.4 Å². The molecule has 0 aliphatic carbocycles. The van der Waals surface area contributed by atoms with Crippen molar-refractivity contribution < 1.29 is 9.59 Å². The lowest BCUT2D eigenvalue weighted by Crippen LogP contribution is -2.30. The van der Waals surface area contributed by atoms with Gasteiger partial charge in [-0.2, -0.15) is 0 Å². The smallest absolute Gasteiger partial charge is 0.260 e. The summed E-state index contributed by atoms with van der Waals surface area (Å²) in [4.78, 5) is 24.5. The van der Waals surface area contributed by atoms with Gasteiger partial charge in [0.25, 0.3) is 5.91 Å². The molecule has 0 spiro atoms. The molecule has 4 rings (SSSR count). The Morgan fingerprint density at radius 3 is 2.39 bits per heavy atom.